The van der Waals surface area contributed by atoms with Crippen molar-refractivity contribution in [2.45, 2.75) is 64.7 Å². The molecule has 28 heavy (non-hydrogen) atoms. The molecule has 0 aliphatic carbocycles. The molecular weight excluding hydrogens is 368 g/mol. The van der Waals surface area contributed by atoms with Crippen LogP contribution >= 0.6 is 0 Å². The summed E-state index contributed by atoms with van der Waals surface area (Å²) in [5, 5.41) is 25.1. The van der Waals surface area contributed by atoms with Gasteiger partial charge in [0.15, 0.2) is 6.29 Å². The van der Waals surface area contributed by atoms with E-state index in [0.717, 1.165) is 0 Å². The van der Waals surface area contributed by atoms with Crippen LogP contribution in [0.25, 0.3) is 0 Å². The van der Waals surface area contributed by atoms with Crippen LogP contribution in [0.5, 0.6) is 0 Å². The lowest BCUT2D eigenvalue weighted by Crippen LogP contribution is -2.47. The number of alkyl carbamates (subject to hydrolysis) is 1. The second-order valence-electron chi connectivity index (χ2n) is 7.60. The molecule has 9 heteroatoms. The number of methoxy groups -OCH3 is 1. The van der Waals surface area contributed by atoms with Gasteiger partial charge in [0.1, 0.15) is 6.04 Å². The highest BCUT2D eigenvalue weighted by Gasteiger charge is 2.35. The molecule has 4 N–H and O–H groups in total. The van der Waals surface area contributed by atoms with E-state index in [0.29, 0.717) is 45.1 Å². The molecule has 1 aliphatic rings. The zero-order chi connectivity index (χ0) is 21.1. The lowest BCUT2D eigenvalue weighted by molar-refractivity contribution is -0.149. The molecule has 0 unspecified atom stereocenters. The van der Waals surface area contributed by atoms with Crippen molar-refractivity contribution in [3.8, 4) is 0 Å². The predicted molar refractivity (Wildman–Crippen MR) is 101 cm³/mol. The van der Waals surface area contributed by atoms with Gasteiger partial charge < -0.3 is 30.3 Å². The fraction of sp³-hybridized carbons (Fsp3) is 0.842. The maximum absolute atomic E-state index is 12.9. The van der Waals surface area contributed by atoms with Crippen molar-refractivity contribution in [3.05, 3.63) is 0 Å². The normalized spacial score (nSPS) is 25.9. The number of nitrogens with one attached hydrogen (secondary N) is 2. The molecule has 162 valence electrons. The maximum Gasteiger partial charge on any atom is 0.407 e. The molecule has 1 fully saturated rings. The molecule has 3 atom stereocenters. The summed E-state index contributed by atoms with van der Waals surface area (Å²) >= 11 is 0. The minimum absolute atomic E-state index is 0.121. The number of hydrogen-bond acceptors (Lipinski definition) is 7. The summed E-state index contributed by atoms with van der Waals surface area (Å²) in [6.45, 7) is 4.40. The van der Waals surface area contributed by atoms with Crippen LogP contribution in [-0.2, 0) is 19.1 Å². The second-order valence-corrected chi connectivity index (χ2v) is 7.60. The van der Waals surface area contributed by atoms with Crippen molar-refractivity contribution in [2.75, 3.05) is 20.3 Å². The molecule has 1 aliphatic heterocycles. The van der Waals surface area contributed by atoms with E-state index >= 15 is 0 Å². The predicted octanol–water partition coefficient (Wildman–Crippen LogP) is 0.924. The molecule has 0 aromatic heterocycles. The van der Waals surface area contributed by atoms with Gasteiger partial charge >= 0.3 is 12.1 Å². The average Bonchev–Trinajstić information content (AvgIpc) is 2.63. The van der Waals surface area contributed by atoms with Gasteiger partial charge in [-0.3, -0.25) is 4.79 Å². The van der Waals surface area contributed by atoms with Crippen LogP contribution in [0.15, 0.2) is 0 Å². The van der Waals surface area contributed by atoms with Gasteiger partial charge in [-0.25, -0.2) is 9.59 Å². The van der Waals surface area contributed by atoms with E-state index in [9.17, 15) is 24.6 Å². The Balaban J connectivity index is 3.04. The first-order chi connectivity index (χ1) is 13.3. The Labute approximate surface area is 166 Å². The Hall–Kier alpha value is -1.87. The number of carbonyl (C=O) groups is 3. The van der Waals surface area contributed by atoms with Crippen LogP contribution in [0.1, 0.15) is 52.4 Å². The fourth-order valence-corrected chi connectivity index (χ4v) is 3.41. The van der Waals surface area contributed by atoms with Crippen molar-refractivity contribution in [3.63, 3.8) is 0 Å². The molecule has 1 saturated heterocycles. The summed E-state index contributed by atoms with van der Waals surface area (Å²) < 4.78 is 9.87. The van der Waals surface area contributed by atoms with Crippen LogP contribution in [0.4, 0.5) is 4.79 Å². The van der Waals surface area contributed by atoms with Crippen LogP contribution in [0, 0.1) is 17.8 Å². The maximum atomic E-state index is 12.9. The van der Waals surface area contributed by atoms with Gasteiger partial charge in [-0.1, -0.05) is 13.8 Å². The lowest BCUT2D eigenvalue weighted by atomic mass is 9.81. The van der Waals surface area contributed by atoms with E-state index < -0.39 is 42.1 Å². The van der Waals surface area contributed by atoms with Gasteiger partial charge in [0.25, 0.3) is 0 Å². The Bertz CT molecular complexity index is 511. The summed E-state index contributed by atoms with van der Waals surface area (Å²) in [5.41, 5.74) is 0. The highest BCUT2D eigenvalue weighted by Crippen LogP contribution is 2.28. The quantitative estimate of drug-likeness (QED) is 0.406. The van der Waals surface area contributed by atoms with Crippen molar-refractivity contribution in [2.24, 2.45) is 17.8 Å². The van der Waals surface area contributed by atoms with Gasteiger partial charge in [0.05, 0.1) is 13.7 Å². The highest BCUT2D eigenvalue weighted by molar-refractivity contribution is 5.85. The summed E-state index contributed by atoms with van der Waals surface area (Å²) in [4.78, 5) is 36.7. The summed E-state index contributed by atoms with van der Waals surface area (Å²) in [7, 11) is 1.26. The zero-order valence-electron chi connectivity index (χ0n) is 17.0. The number of esters is 1. The van der Waals surface area contributed by atoms with E-state index in [1.165, 1.54) is 7.11 Å². The van der Waals surface area contributed by atoms with E-state index in [-0.39, 0.29) is 12.5 Å². The topological polar surface area (TPSA) is 134 Å². The largest absolute Gasteiger partial charge is 0.467 e. The Morgan fingerprint density at radius 3 is 2.54 bits per heavy atom. The third-order valence-electron chi connectivity index (χ3n) is 4.87. The molecule has 1 heterocycles. The van der Waals surface area contributed by atoms with E-state index in [4.69, 9.17) is 9.47 Å². The average molecular weight is 402 g/mol. The van der Waals surface area contributed by atoms with Crippen molar-refractivity contribution in [1.82, 2.24) is 10.6 Å². The third kappa shape index (κ3) is 8.43. The Morgan fingerprint density at radius 2 is 1.93 bits per heavy atom. The minimum Gasteiger partial charge on any atom is -0.467 e. The van der Waals surface area contributed by atoms with Crippen LogP contribution in [-0.4, -0.2) is 60.8 Å². The summed E-state index contributed by atoms with van der Waals surface area (Å²) in [6.07, 6.45) is 0.437. The highest BCUT2D eigenvalue weighted by atomic mass is 16.5. The third-order valence-corrected chi connectivity index (χ3v) is 4.87. The van der Waals surface area contributed by atoms with Gasteiger partial charge in [0, 0.05) is 18.4 Å². The number of aliphatic hydroxyl groups is 2. The van der Waals surface area contributed by atoms with Gasteiger partial charge in [-0.2, -0.15) is 0 Å². The standard InChI is InChI=1S/C19H34N2O7/c1-12(2)11-14-13(17(23)24)7-6-10-28-19(26)20-9-5-4-8-15(18(25)27-3)21-16(14)22/h12-15,17,23-24H,4-11H2,1-3H3,(H,20,26)(H,21,22)/t13-,14+,15-/m0/s1. The minimum atomic E-state index is -1.70. The fourth-order valence-electron chi connectivity index (χ4n) is 3.41. The van der Waals surface area contributed by atoms with Crippen molar-refractivity contribution in [1.29, 1.82) is 0 Å². The first kappa shape index (κ1) is 24.2. The molecule has 0 radical (unpaired) electrons. The van der Waals surface area contributed by atoms with Crippen LogP contribution in [0.3, 0.4) is 0 Å². The molecule has 0 spiro atoms. The first-order valence-electron chi connectivity index (χ1n) is 9.91. The van der Waals surface area contributed by atoms with Crippen molar-refractivity contribution >= 4 is 18.0 Å². The SMILES string of the molecule is COC(=O)[C@@H]1CCCCNC(=O)OCCC[C@H](C(O)O)[C@@H](CC(C)C)C(=O)N1. The Kier molecular flexibility index (Phi) is 10.8. The van der Waals surface area contributed by atoms with Gasteiger partial charge in [-0.05, 0) is 44.4 Å². The first-order valence-corrected chi connectivity index (χ1v) is 9.91. The zero-order valence-corrected chi connectivity index (χ0v) is 17.0. The van der Waals surface area contributed by atoms with Crippen LogP contribution in [0.2, 0.25) is 0 Å². The number of amides is 2. The molecule has 9 nitrogen and oxygen atoms in total. The molecule has 0 saturated carbocycles. The van der Waals surface area contributed by atoms with E-state index in [1.807, 2.05) is 13.8 Å². The monoisotopic (exact) mass is 402 g/mol. The van der Waals surface area contributed by atoms with E-state index in [2.05, 4.69) is 10.6 Å². The molecular formula is C19H34N2O7. The molecule has 1 rings (SSSR count). The number of hydrogen-bond donors (Lipinski definition) is 4. The summed E-state index contributed by atoms with van der Waals surface area (Å²) in [5.74, 6) is -2.23. The number of carbonyl (C=O) groups excluding carboxylic acids is 3. The Morgan fingerprint density at radius 1 is 1.21 bits per heavy atom. The molecule has 0 aromatic carbocycles. The van der Waals surface area contributed by atoms with Gasteiger partial charge in [-0.15, -0.1) is 0 Å². The van der Waals surface area contributed by atoms with E-state index in [1.54, 1.807) is 0 Å². The lowest BCUT2D eigenvalue weighted by Gasteiger charge is -2.30. The molecule has 0 aromatic rings. The number of ether oxygens (including phenoxy) is 2. The number of aliphatic hydroxyl groups excluding tert-OH is 1. The van der Waals surface area contributed by atoms with Crippen LogP contribution < -0.4 is 10.6 Å². The molecule has 0 bridgehead atoms. The second kappa shape index (κ2) is 12.6. The van der Waals surface area contributed by atoms with Gasteiger partial charge in [0.2, 0.25) is 5.91 Å². The van der Waals surface area contributed by atoms with Crippen molar-refractivity contribution < 1.29 is 34.1 Å². The smallest absolute Gasteiger partial charge is 0.407 e. The molecule has 2 amide bonds. The number of cyclic esters (lactones) is 1. The summed E-state index contributed by atoms with van der Waals surface area (Å²) in [6, 6.07) is -0.819. The number of rotatable bonds is 4.